The summed E-state index contributed by atoms with van der Waals surface area (Å²) in [5, 5.41) is 10.6. The van der Waals surface area contributed by atoms with Crippen molar-refractivity contribution in [3.63, 3.8) is 0 Å². The summed E-state index contributed by atoms with van der Waals surface area (Å²) in [6, 6.07) is 2.26. The van der Waals surface area contributed by atoms with Gasteiger partial charge in [0.15, 0.2) is 0 Å². The van der Waals surface area contributed by atoms with Gasteiger partial charge in [-0.25, -0.2) is 0 Å². The summed E-state index contributed by atoms with van der Waals surface area (Å²) in [5.74, 6) is -1.77. The van der Waals surface area contributed by atoms with Crippen molar-refractivity contribution < 1.29 is 18.8 Å². The largest absolute Gasteiger partial charge is 0.469 e. The molecule has 5 nitrogen and oxygen atoms in total. The number of nitro benzene ring substituents is 1. The molecule has 0 aromatic heterocycles. The molecule has 0 saturated carbocycles. The van der Waals surface area contributed by atoms with Gasteiger partial charge in [0.05, 0.1) is 24.3 Å². The lowest BCUT2D eigenvalue weighted by molar-refractivity contribution is -0.388. The van der Waals surface area contributed by atoms with Crippen molar-refractivity contribution in [2.45, 2.75) is 12.3 Å². The van der Waals surface area contributed by atoms with E-state index in [0.717, 1.165) is 6.07 Å². The van der Waals surface area contributed by atoms with E-state index in [-0.39, 0.29) is 23.4 Å². The van der Waals surface area contributed by atoms with Gasteiger partial charge in [0, 0.05) is 5.56 Å². The SMILES string of the molecule is COC(=O)Cc1cc(F)c([N+](=O)[O-])c(CCl)c1. The lowest BCUT2D eigenvalue weighted by Gasteiger charge is -2.04. The maximum atomic E-state index is 13.5. The summed E-state index contributed by atoms with van der Waals surface area (Å²) in [7, 11) is 1.20. The fourth-order valence-electron chi connectivity index (χ4n) is 1.37. The van der Waals surface area contributed by atoms with Gasteiger partial charge in [-0.05, 0) is 17.7 Å². The molecule has 0 heterocycles. The zero-order valence-electron chi connectivity index (χ0n) is 8.91. The van der Waals surface area contributed by atoms with Gasteiger partial charge in [0.1, 0.15) is 0 Å². The summed E-state index contributed by atoms with van der Waals surface area (Å²) >= 11 is 5.50. The Bertz CT molecular complexity index is 464. The minimum absolute atomic E-state index is 0.0376. The van der Waals surface area contributed by atoms with Crippen LogP contribution in [0.3, 0.4) is 0 Å². The molecule has 1 aromatic rings. The van der Waals surface area contributed by atoms with Gasteiger partial charge in [0.2, 0.25) is 5.82 Å². The van der Waals surface area contributed by atoms with E-state index in [4.69, 9.17) is 11.6 Å². The molecule has 0 unspecified atom stereocenters. The van der Waals surface area contributed by atoms with E-state index in [1.807, 2.05) is 0 Å². The molecular weight excluding hydrogens is 253 g/mol. The average molecular weight is 262 g/mol. The third-order valence-electron chi connectivity index (χ3n) is 2.10. The standard InChI is InChI=1S/C10H9ClFNO4/c1-17-9(14)4-6-2-7(5-11)10(13(15)16)8(12)3-6/h2-3H,4-5H2,1H3. The molecule has 0 aliphatic rings. The number of benzene rings is 1. The zero-order chi connectivity index (χ0) is 13.0. The Morgan fingerprint density at radius 1 is 1.59 bits per heavy atom. The van der Waals surface area contributed by atoms with Crippen LogP contribution in [0.5, 0.6) is 0 Å². The Hall–Kier alpha value is -1.69. The van der Waals surface area contributed by atoms with Gasteiger partial charge in [-0.1, -0.05) is 0 Å². The zero-order valence-corrected chi connectivity index (χ0v) is 9.66. The van der Waals surface area contributed by atoms with Crippen molar-refractivity contribution in [3.05, 3.63) is 39.2 Å². The van der Waals surface area contributed by atoms with Crippen LogP contribution in [0.15, 0.2) is 12.1 Å². The van der Waals surface area contributed by atoms with Crippen LogP contribution in [0.1, 0.15) is 11.1 Å². The molecule has 1 aromatic carbocycles. The molecule has 0 radical (unpaired) electrons. The Kier molecular flexibility index (Phi) is 4.39. The van der Waals surface area contributed by atoms with Crippen molar-refractivity contribution in [1.82, 2.24) is 0 Å². The minimum atomic E-state index is -1.01. The van der Waals surface area contributed by atoms with Crippen molar-refractivity contribution in [2.24, 2.45) is 0 Å². The Labute approximate surface area is 101 Å². The molecule has 7 heteroatoms. The highest BCUT2D eigenvalue weighted by molar-refractivity contribution is 6.17. The first-order chi connectivity index (χ1) is 7.99. The fraction of sp³-hybridized carbons (Fsp3) is 0.300. The first-order valence-corrected chi connectivity index (χ1v) is 5.11. The van der Waals surface area contributed by atoms with Gasteiger partial charge >= 0.3 is 11.7 Å². The lowest BCUT2D eigenvalue weighted by atomic mass is 10.1. The summed E-state index contributed by atoms with van der Waals surface area (Å²) in [4.78, 5) is 20.8. The van der Waals surface area contributed by atoms with Gasteiger partial charge in [-0.2, -0.15) is 4.39 Å². The second-order valence-electron chi connectivity index (χ2n) is 3.23. The van der Waals surface area contributed by atoms with Crippen LogP contribution in [0.2, 0.25) is 0 Å². The fourth-order valence-corrected chi connectivity index (χ4v) is 1.57. The summed E-state index contributed by atoms with van der Waals surface area (Å²) < 4.78 is 17.9. The number of hydrogen-bond acceptors (Lipinski definition) is 4. The average Bonchev–Trinajstić information content (AvgIpc) is 2.27. The number of hydrogen-bond donors (Lipinski definition) is 0. The van der Waals surface area contributed by atoms with Gasteiger partial charge in [-0.3, -0.25) is 14.9 Å². The molecule has 0 spiro atoms. The van der Waals surface area contributed by atoms with E-state index in [1.165, 1.54) is 13.2 Å². The van der Waals surface area contributed by atoms with Crippen molar-refractivity contribution in [2.75, 3.05) is 7.11 Å². The van der Waals surface area contributed by atoms with Crippen LogP contribution in [-0.4, -0.2) is 18.0 Å². The van der Waals surface area contributed by atoms with E-state index >= 15 is 0 Å². The second kappa shape index (κ2) is 5.58. The molecule has 0 aliphatic heterocycles. The number of carbonyl (C=O) groups excluding carboxylic acids is 1. The van der Waals surface area contributed by atoms with Crippen LogP contribution in [0.25, 0.3) is 0 Å². The minimum Gasteiger partial charge on any atom is -0.469 e. The number of halogens is 2. The maximum Gasteiger partial charge on any atom is 0.309 e. The molecule has 0 fully saturated rings. The molecule has 92 valence electrons. The number of rotatable bonds is 4. The predicted octanol–water partition coefficient (Wildman–Crippen LogP) is 2.19. The lowest BCUT2D eigenvalue weighted by Crippen LogP contribution is -2.06. The maximum absolute atomic E-state index is 13.5. The van der Waals surface area contributed by atoms with E-state index in [0.29, 0.717) is 0 Å². The summed E-state index contributed by atoms with van der Waals surface area (Å²) in [5.41, 5.74) is -0.334. The number of nitro groups is 1. The topological polar surface area (TPSA) is 69.4 Å². The van der Waals surface area contributed by atoms with Gasteiger partial charge in [0.25, 0.3) is 0 Å². The second-order valence-corrected chi connectivity index (χ2v) is 3.50. The van der Waals surface area contributed by atoms with Crippen LogP contribution < -0.4 is 0 Å². The first kappa shape index (κ1) is 13.4. The molecule has 1 rings (SSSR count). The van der Waals surface area contributed by atoms with Crippen LogP contribution >= 0.6 is 11.6 Å². The predicted molar refractivity (Wildman–Crippen MR) is 58.3 cm³/mol. The third-order valence-corrected chi connectivity index (χ3v) is 2.39. The number of ether oxygens (including phenoxy) is 1. The molecule has 17 heavy (non-hydrogen) atoms. The van der Waals surface area contributed by atoms with E-state index < -0.39 is 22.4 Å². The van der Waals surface area contributed by atoms with Crippen LogP contribution in [0.4, 0.5) is 10.1 Å². The Morgan fingerprint density at radius 3 is 2.71 bits per heavy atom. The van der Waals surface area contributed by atoms with Crippen molar-refractivity contribution in [3.8, 4) is 0 Å². The highest BCUT2D eigenvalue weighted by Gasteiger charge is 2.21. The number of alkyl halides is 1. The Balaban J connectivity index is 3.17. The molecular formula is C10H9ClFNO4. The summed E-state index contributed by atoms with van der Waals surface area (Å²) in [6.45, 7) is 0. The molecule has 0 amide bonds. The molecule has 0 bridgehead atoms. The molecule has 0 atom stereocenters. The van der Waals surface area contributed by atoms with Crippen LogP contribution in [-0.2, 0) is 21.8 Å². The molecule has 0 saturated heterocycles. The summed E-state index contributed by atoms with van der Waals surface area (Å²) in [6.07, 6.45) is -0.157. The monoisotopic (exact) mass is 261 g/mol. The highest BCUT2D eigenvalue weighted by atomic mass is 35.5. The quantitative estimate of drug-likeness (QED) is 0.360. The molecule has 0 N–H and O–H groups in total. The highest BCUT2D eigenvalue weighted by Crippen LogP contribution is 2.26. The van der Waals surface area contributed by atoms with Crippen LogP contribution in [0, 0.1) is 15.9 Å². The van der Waals surface area contributed by atoms with E-state index in [1.54, 1.807) is 0 Å². The number of nitrogens with zero attached hydrogens (tertiary/aromatic N) is 1. The number of esters is 1. The van der Waals surface area contributed by atoms with Crippen molar-refractivity contribution >= 4 is 23.3 Å². The van der Waals surface area contributed by atoms with Crippen molar-refractivity contribution in [1.29, 1.82) is 0 Å². The smallest absolute Gasteiger partial charge is 0.309 e. The normalized spacial score (nSPS) is 10.1. The van der Waals surface area contributed by atoms with Gasteiger partial charge in [-0.15, -0.1) is 11.6 Å². The Morgan fingerprint density at radius 2 is 2.24 bits per heavy atom. The van der Waals surface area contributed by atoms with E-state index in [9.17, 15) is 19.3 Å². The third kappa shape index (κ3) is 3.13. The number of methoxy groups -OCH3 is 1. The van der Waals surface area contributed by atoms with Gasteiger partial charge < -0.3 is 4.74 Å². The van der Waals surface area contributed by atoms with E-state index in [2.05, 4.69) is 4.74 Å². The number of carbonyl (C=O) groups is 1. The molecule has 0 aliphatic carbocycles. The first-order valence-electron chi connectivity index (χ1n) is 4.58.